The lowest BCUT2D eigenvalue weighted by Crippen LogP contribution is -2.74. The normalized spacial score (nSPS) is 28.1. The van der Waals surface area contributed by atoms with Crippen LogP contribution in [-0.4, -0.2) is 41.3 Å². The largest absolute Gasteiger partial charge is 0.560 e. The van der Waals surface area contributed by atoms with Gasteiger partial charge >= 0.3 is 12.0 Å². The molecule has 1 aromatic rings. The molecule has 2 unspecified atom stereocenters. The average Bonchev–Trinajstić information content (AvgIpc) is 2.46. The fourth-order valence-electron chi connectivity index (χ4n) is 2.42. The number of rotatable bonds is 3. The van der Waals surface area contributed by atoms with Crippen LogP contribution in [0, 0.1) is 0 Å². The van der Waals surface area contributed by atoms with Gasteiger partial charge in [0.05, 0.1) is 13.2 Å². The second kappa shape index (κ2) is 5.53. The highest BCUT2D eigenvalue weighted by atomic mass is 16.8. The number of para-hydroxylation sites is 1. The molecule has 7 heteroatoms. The number of ether oxygens (including phenoxy) is 2. The maximum atomic E-state index is 12.2. The van der Waals surface area contributed by atoms with Crippen molar-refractivity contribution in [2.24, 2.45) is 0 Å². The maximum Gasteiger partial charge on any atom is 0.560 e. The first-order chi connectivity index (χ1) is 9.91. The predicted molar refractivity (Wildman–Crippen MR) is 72.3 cm³/mol. The SMILES string of the molecule is CCOC(=O)[N+]1(O)c2ccccc2CC(=O)C1(O)OCC. The molecule has 1 amide bonds. The molecule has 0 spiro atoms. The van der Waals surface area contributed by atoms with Crippen LogP contribution in [-0.2, 0) is 20.7 Å². The number of carbonyl (C=O) groups excluding carboxylic acids is 2. The van der Waals surface area contributed by atoms with Crippen molar-refractivity contribution in [3.63, 3.8) is 0 Å². The highest BCUT2D eigenvalue weighted by Gasteiger charge is 2.69. The van der Waals surface area contributed by atoms with Crippen molar-refractivity contribution in [1.82, 2.24) is 4.65 Å². The molecular formula is C14H18NO6+. The maximum absolute atomic E-state index is 12.2. The van der Waals surface area contributed by atoms with Gasteiger partial charge in [0.1, 0.15) is 0 Å². The van der Waals surface area contributed by atoms with E-state index in [2.05, 4.69) is 0 Å². The van der Waals surface area contributed by atoms with E-state index < -0.39 is 22.4 Å². The van der Waals surface area contributed by atoms with Crippen LogP contribution in [0.15, 0.2) is 24.3 Å². The van der Waals surface area contributed by atoms with Crippen LogP contribution >= 0.6 is 0 Å². The van der Waals surface area contributed by atoms with Crippen LogP contribution in [0.4, 0.5) is 10.5 Å². The zero-order valence-corrected chi connectivity index (χ0v) is 11.9. The molecule has 0 fully saturated rings. The first kappa shape index (κ1) is 15.6. The number of hydroxylamine groups is 2. The quantitative estimate of drug-likeness (QED) is 0.497. The summed E-state index contributed by atoms with van der Waals surface area (Å²) in [6, 6.07) is 6.31. The zero-order chi connectivity index (χ0) is 15.7. The number of aliphatic hydroxyl groups is 1. The molecule has 0 saturated carbocycles. The molecule has 0 aliphatic carbocycles. The Hall–Kier alpha value is -1.80. The van der Waals surface area contributed by atoms with Gasteiger partial charge in [-0.1, -0.05) is 18.2 Å². The van der Waals surface area contributed by atoms with E-state index in [-0.39, 0.29) is 25.3 Å². The summed E-state index contributed by atoms with van der Waals surface area (Å²) in [5, 5.41) is 21.4. The topological polar surface area (TPSA) is 93.1 Å². The van der Waals surface area contributed by atoms with Gasteiger partial charge < -0.3 is 9.84 Å². The molecule has 1 aliphatic rings. The van der Waals surface area contributed by atoms with E-state index in [0.717, 1.165) is 0 Å². The predicted octanol–water partition coefficient (Wildman–Crippen LogP) is 1.35. The Balaban J connectivity index is 2.67. The molecule has 1 aromatic carbocycles. The van der Waals surface area contributed by atoms with E-state index in [1.807, 2.05) is 0 Å². The molecule has 0 bridgehead atoms. The number of Topliss-reactive ketones (excluding diaryl/α,β-unsaturated/α-hetero) is 1. The highest BCUT2D eigenvalue weighted by molar-refractivity contribution is 5.99. The molecule has 2 N–H and O–H groups in total. The minimum absolute atomic E-state index is 0.0159. The Bertz CT molecular complexity index is 574. The number of amides is 1. The number of hydrogen-bond acceptors (Lipinski definition) is 6. The summed E-state index contributed by atoms with van der Waals surface area (Å²) in [4.78, 5) is 24.5. The Morgan fingerprint density at radius 1 is 1.33 bits per heavy atom. The van der Waals surface area contributed by atoms with Crippen LogP contribution in [0.2, 0.25) is 0 Å². The van der Waals surface area contributed by atoms with E-state index in [1.165, 1.54) is 6.07 Å². The summed E-state index contributed by atoms with van der Waals surface area (Å²) in [6.07, 6.45) is -1.32. The molecule has 1 aliphatic heterocycles. The molecule has 21 heavy (non-hydrogen) atoms. The van der Waals surface area contributed by atoms with E-state index in [9.17, 15) is 19.9 Å². The molecule has 114 valence electrons. The van der Waals surface area contributed by atoms with E-state index in [1.54, 1.807) is 32.0 Å². The fraction of sp³-hybridized carbons (Fsp3) is 0.429. The summed E-state index contributed by atoms with van der Waals surface area (Å²) in [5.74, 6) is -3.52. The smallest absolute Gasteiger partial charge is 0.418 e. The van der Waals surface area contributed by atoms with Crippen LogP contribution in [0.3, 0.4) is 0 Å². The van der Waals surface area contributed by atoms with E-state index >= 15 is 0 Å². The van der Waals surface area contributed by atoms with Crippen molar-refractivity contribution in [1.29, 1.82) is 0 Å². The van der Waals surface area contributed by atoms with Crippen LogP contribution < -0.4 is 4.65 Å². The Morgan fingerprint density at radius 2 is 2.00 bits per heavy atom. The first-order valence-electron chi connectivity index (χ1n) is 6.69. The molecule has 0 radical (unpaired) electrons. The number of carbonyl (C=O) groups is 2. The van der Waals surface area contributed by atoms with Gasteiger partial charge in [-0.05, 0) is 13.8 Å². The molecule has 7 nitrogen and oxygen atoms in total. The third-order valence-corrected chi connectivity index (χ3v) is 3.37. The average molecular weight is 296 g/mol. The Labute approximate surface area is 121 Å². The summed E-state index contributed by atoms with van der Waals surface area (Å²) in [5.41, 5.74) is 0.494. The lowest BCUT2D eigenvalue weighted by molar-refractivity contribution is -0.327. The minimum Gasteiger partial charge on any atom is -0.418 e. The monoisotopic (exact) mass is 296 g/mol. The Kier molecular flexibility index (Phi) is 4.11. The van der Waals surface area contributed by atoms with E-state index in [0.29, 0.717) is 5.56 Å². The van der Waals surface area contributed by atoms with Gasteiger partial charge in [-0.25, -0.2) is 0 Å². The van der Waals surface area contributed by atoms with Gasteiger partial charge in [-0.2, -0.15) is 10.0 Å². The number of benzene rings is 1. The second-order valence-corrected chi connectivity index (χ2v) is 4.60. The fourth-order valence-corrected chi connectivity index (χ4v) is 2.42. The van der Waals surface area contributed by atoms with Crippen LogP contribution in [0.25, 0.3) is 0 Å². The van der Waals surface area contributed by atoms with Crippen LogP contribution in [0.1, 0.15) is 19.4 Å². The van der Waals surface area contributed by atoms with Gasteiger partial charge in [0.2, 0.25) is 0 Å². The molecule has 0 aromatic heterocycles. The van der Waals surface area contributed by atoms with Crippen molar-refractivity contribution in [2.75, 3.05) is 13.2 Å². The van der Waals surface area contributed by atoms with Crippen molar-refractivity contribution in [3.05, 3.63) is 29.8 Å². The molecule has 0 saturated heterocycles. The van der Waals surface area contributed by atoms with Crippen molar-refractivity contribution >= 4 is 17.6 Å². The van der Waals surface area contributed by atoms with Gasteiger partial charge in [-0.3, -0.25) is 9.53 Å². The number of fused-ring (bicyclic) bond motifs is 1. The zero-order valence-electron chi connectivity index (χ0n) is 11.9. The number of nitrogens with zero attached hydrogens (tertiary/aromatic N) is 1. The summed E-state index contributed by atoms with van der Waals surface area (Å²) in [6.45, 7) is 3.02. The lowest BCUT2D eigenvalue weighted by atomic mass is 9.97. The molecule has 2 rings (SSSR count). The molecular weight excluding hydrogens is 278 g/mol. The van der Waals surface area contributed by atoms with Crippen molar-refractivity contribution in [2.45, 2.75) is 26.2 Å². The third kappa shape index (κ3) is 2.14. The third-order valence-electron chi connectivity index (χ3n) is 3.37. The second-order valence-electron chi connectivity index (χ2n) is 4.60. The van der Waals surface area contributed by atoms with Gasteiger partial charge in [-0.15, -0.1) is 0 Å². The number of ketones is 1. The lowest BCUT2D eigenvalue weighted by Gasteiger charge is -2.40. The molecule has 2 atom stereocenters. The summed E-state index contributed by atoms with van der Waals surface area (Å²) < 4.78 is 8.11. The van der Waals surface area contributed by atoms with Gasteiger partial charge in [0.15, 0.2) is 5.69 Å². The van der Waals surface area contributed by atoms with Gasteiger partial charge in [0, 0.05) is 22.7 Å². The van der Waals surface area contributed by atoms with Crippen molar-refractivity contribution in [3.8, 4) is 0 Å². The Morgan fingerprint density at radius 3 is 2.62 bits per heavy atom. The standard InChI is InChI=1S/C14H18NO6/c1-3-20-13(17)15(19)11-8-6-5-7-10(11)9-12(16)14(15,18)21-4-2/h5-8,18-19H,3-4,9H2,1-2H3/q+1. The van der Waals surface area contributed by atoms with Gasteiger partial charge in [0.25, 0.3) is 5.78 Å². The van der Waals surface area contributed by atoms with Crippen LogP contribution in [0.5, 0.6) is 0 Å². The summed E-state index contributed by atoms with van der Waals surface area (Å²) >= 11 is 0. The van der Waals surface area contributed by atoms with E-state index in [4.69, 9.17) is 9.47 Å². The number of quaternary nitrogens is 1. The minimum atomic E-state index is -2.71. The first-order valence-corrected chi connectivity index (χ1v) is 6.69. The van der Waals surface area contributed by atoms with Crippen molar-refractivity contribution < 1.29 is 29.4 Å². The number of hydrogen-bond donors (Lipinski definition) is 2. The summed E-state index contributed by atoms with van der Waals surface area (Å²) in [7, 11) is 0. The molecule has 1 heterocycles. The highest BCUT2D eigenvalue weighted by Crippen LogP contribution is 2.40.